The Morgan fingerprint density at radius 1 is 1.19 bits per heavy atom. The molecule has 0 heterocycles. The van der Waals surface area contributed by atoms with Gasteiger partial charge < -0.3 is 16.0 Å². The Bertz CT molecular complexity index is 838. The fourth-order valence-electron chi connectivity index (χ4n) is 2.89. The van der Waals surface area contributed by atoms with E-state index in [-0.39, 0.29) is 24.5 Å². The zero-order valence-corrected chi connectivity index (χ0v) is 17.2. The summed E-state index contributed by atoms with van der Waals surface area (Å²) in [7, 11) is 0. The van der Waals surface area contributed by atoms with Gasteiger partial charge in [0.1, 0.15) is 0 Å². The normalized spacial score (nSPS) is 14.3. The number of amides is 3. The molecule has 1 aliphatic rings. The van der Waals surface area contributed by atoms with Crippen molar-refractivity contribution in [2.45, 2.75) is 25.8 Å². The highest BCUT2D eigenvalue weighted by Crippen LogP contribution is 2.41. The predicted octanol–water partition coefficient (Wildman–Crippen LogP) is 4.80. The predicted molar refractivity (Wildman–Crippen MR) is 111 cm³/mol. The molecule has 1 aliphatic carbocycles. The quantitative estimate of drug-likeness (QED) is 0.591. The fourth-order valence-corrected chi connectivity index (χ4v) is 3.49. The molecular formula is C20H21BrClN3O2. The summed E-state index contributed by atoms with van der Waals surface area (Å²) in [5.41, 5.74) is 2.69. The molecule has 0 saturated heterocycles. The highest BCUT2D eigenvalue weighted by Gasteiger charge is 2.33. The first-order valence-electron chi connectivity index (χ1n) is 8.78. The molecule has 0 aliphatic heterocycles. The van der Waals surface area contributed by atoms with Crippen molar-refractivity contribution in [3.05, 3.63) is 63.1 Å². The van der Waals surface area contributed by atoms with Crippen molar-refractivity contribution < 1.29 is 9.59 Å². The second kappa shape index (κ2) is 8.76. The van der Waals surface area contributed by atoms with Gasteiger partial charge >= 0.3 is 6.03 Å². The van der Waals surface area contributed by atoms with Gasteiger partial charge in [0, 0.05) is 15.2 Å². The number of rotatable bonds is 6. The van der Waals surface area contributed by atoms with Gasteiger partial charge in [0.25, 0.3) is 0 Å². The largest absolute Gasteiger partial charge is 0.331 e. The van der Waals surface area contributed by atoms with Crippen molar-refractivity contribution in [1.82, 2.24) is 10.6 Å². The molecule has 0 spiro atoms. The summed E-state index contributed by atoms with van der Waals surface area (Å²) in [4.78, 5) is 24.4. The van der Waals surface area contributed by atoms with E-state index in [9.17, 15) is 9.59 Å². The molecule has 0 radical (unpaired) electrons. The van der Waals surface area contributed by atoms with E-state index in [0.29, 0.717) is 10.9 Å². The van der Waals surface area contributed by atoms with Crippen LogP contribution in [0.2, 0.25) is 5.02 Å². The van der Waals surface area contributed by atoms with Crippen molar-refractivity contribution in [3.63, 3.8) is 0 Å². The number of benzene rings is 2. The number of anilines is 1. The van der Waals surface area contributed by atoms with Crippen molar-refractivity contribution in [2.24, 2.45) is 5.92 Å². The first kappa shape index (κ1) is 19.7. The Hall–Kier alpha value is -2.05. The summed E-state index contributed by atoms with van der Waals surface area (Å²) < 4.78 is 0.948. The second-order valence-corrected chi connectivity index (χ2v) is 8.05. The molecular weight excluding hydrogens is 430 g/mol. The number of nitrogens with one attached hydrogen (secondary N) is 3. The molecule has 3 rings (SSSR count). The van der Waals surface area contributed by atoms with Gasteiger partial charge in [0.2, 0.25) is 5.91 Å². The number of urea groups is 1. The molecule has 27 heavy (non-hydrogen) atoms. The van der Waals surface area contributed by atoms with Crippen LogP contribution in [-0.4, -0.2) is 18.5 Å². The zero-order valence-electron chi connectivity index (χ0n) is 14.9. The second-order valence-electron chi connectivity index (χ2n) is 6.70. The summed E-state index contributed by atoms with van der Waals surface area (Å²) in [6.07, 6.45) is 2.16. The third-order valence-electron chi connectivity index (χ3n) is 4.48. The molecule has 1 atom stereocenters. The Morgan fingerprint density at radius 3 is 2.52 bits per heavy atom. The Labute approximate surface area is 172 Å². The van der Waals surface area contributed by atoms with Gasteiger partial charge in [-0.3, -0.25) is 4.79 Å². The van der Waals surface area contributed by atoms with Crippen molar-refractivity contribution in [3.8, 4) is 0 Å². The number of aryl methyl sites for hydroxylation is 1. The average molecular weight is 451 g/mol. The molecule has 3 amide bonds. The van der Waals surface area contributed by atoms with Gasteiger partial charge in [-0.15, -0.1) is 0 Å². The molecule has 2 aromatic carbocycles. The van der Waals surface area contributed by atoms with Gasteiger partial charge in [0.15, 0.2) is 0 Å². The molecule has 1 saturated carbocycles. The topological polar surface area (TPSA) is 70.2 Å². The smallest absolute Gasteiger partial charge is 0.315 e. The van der Waals surface area contributed by atoms with Gasteiger partial charge in [0.05, 0.1) is 12.6 Å². The van der Waals surface area contributed by atoms with E-state index >= 15 is 0 Å². The van der Waals surface area contributed by atoms with Crippen molar-refractivity contribution in [1.29, 1.82) is 0 Å². The highest BCUT2D eigenvalue weighted by molar-refractivity contribution is 9.10. The first-order chi connectivity index (χ1) is 12.9. The lowest BCUT2D eigenvalue weighted by atomic mass is 10.0. The molecule has 1 fully saturated rings. The number of hydrogen-bond donors (Lipinski definition) is 3. The van der Waals surface area contributed by atoms with E-state index in [0.717, 1.165) is 34.1 Å². The molecule has 0 unspecified atom stereocenters. The molecule has 7 heteroatoms. The summed E-state index contributed by atoms with van der Waals surface area (Å²) in [6.45, 7) is 1.81. The van der Waals surface area contributed by atoms with Crippen molar-refractivity contribution >= 4 is 45.2 Å². The molecule has 3 N–H and O–H groups in total. The van der Waals surface area contributed by atoms with Crippen LogP contribution in [0.15, 0.2) is 46.9 Å². The number of carbonyl (C=O) groups excluding carboxylic acids is 2. The maximum Gasteiger partial charge on any atom is 0.315 e. The van der Waals surface area contributed by atoms with E-state index in [2.05, 4.69) is 31.9 Å². The van der Waals surface area contributed by atoms with E-state index in [1.54, 1.807) is 0 Å². The number of halogens is 2. The summed E-state index contributed by atoms with van der Waals surface area (Å²) in [5.74, 6) is 0.154. The Morgan fingerprint density at radius 2 is 1.89 bits per heavy atom. The van der Waals surface area contributed by atoms with Gasteiger partial charge in [-0.1, -0.05) is 39.7 Å². The summed E-state index contributed by atoms with van der Waals surface area (Å²) in [6, 6.07) is 12.7. The molecule has 0 bridgehead atoms. The van der Waals surface area contributed by atoms with Crippen LogP contribution in [0.4, 0.5) is 10.5 Å². The number of carbonyl (C=O) groups is 2. The van der Waals surface area contributed by atoms with Crippen LogP contribution in [0.1, 0.15) is 30.0 Å². The SMILES string of the molecule is Cc1cc(Br)ccc1NC(=O)CNC(=O)N[C@@H](c1ccc(Cl)cc1)C1CC1. The van der Waals surface area contributed by atoms with Crippen LogP contribution >= 0.6 is 27.5 Å². The molecule has 142 valence electrons. The molecule has 0 aromatic heterocycles. The Balaban J connectivity index is 1.52. The minimum Gasteiger partial charge on any atom is -0.331 e. The molecule has 2 aromatic rings. The maximum atomic E-state index is 12.3. The van der Waals surface area contributed by atoms with E-state index in [1.165, 1.54) is 0 Å². The van der Waals surface area contributed by atoms with Crippen molar-refractivity contribution in [2.75, 3.05) is 11.9 Å². The van der Waals surface area contributed by atoms with E-state index < -0.39 is 0 Å². The number of hydrogen-bond acceptors (Lipinski definition) is 2. The lowest BCUT2D eigenvalue weighted by Crippen LogP contribution is -2.42. The van der Waals surface area contributed by atoms with Gasteiger partial charge in [-0.25, -0.2) is 4.79 Å². The summed E-state index contributed by atoms with van der Waals surface area (Å²) >= 11 is 9.33. The van der Waals surface area contributed by atoms with E-state index in [1.807, 2.05) is 49.4 Å². The van der Waals surface area contributed by atoms with Crippen LogP contribution in [-0.2, 0) is 4.79 Å². The summed E-state index contributed by atoms with van der Waals surface area (Å²) in [5, 5.41) is 9.07. The minimum atomic E-state index is -0.357. The van der Waals surface area contributed by atoms with Gasteiger partial charge in [-0.05, 0) is 67.1 Å². The van der Waals surface area contributed by atoms with Crippen LogP contribution in [0.3, 0.4) is 0 Å². The van der Waals surface area contributed by atoms with Gasteiger partial charge in [-0.2, -0.15) is 0 Å². The minimum absolute atomic E-state index is 0.0703. The highest BCUT2D eigenvalue weighted by atomic mass is 79.9. The molecule has 5 nitrogen and oxygen atoms in total. The van der Waals surface area contributed by atoms with Crippen LogP contribution in [0, 0.1) is 12.8 Å². The van der Waals surface area contributed by atoms with Crippen LogP contribution in [0.5, 0.6) is 0 Å². The average Bonchev–Trinajstić information content (AvgIpc) is 3.46. The Kier molecular flexibility index (Phi) is 6.39. The lowest BCUT2D eigenvalue weighted by molar-refractivity contribution is -0.115. The third-order valence-corrected chi connectivity index (χ3v) is 5.23. The standard InChI is InChI=1S/C20H21BrClN3O2/c1-12-10-15(21)6-9-17(12)24-18(26)11-23-20(27)25-19(13-2-3-13)14-4-7-16(22)8-5-14/h4-10,13,19H,2-3,11H2,1H3,(H,24,26)(H2,23,25,27)/t19-/m1/s1. The van der Waals surface area contributed by atoms with Crippen LogP contribution < -0.4 is 16.0 Å². The maximum absolute atomic E-state index is 12.3. The lowest BCUT2D eigenvalue weighted by Gasteiger charge is -2.19. The van der Waals surface area contributed by atoms with E-state index in [4.69, 9.17) is 11.6 Å². The zero-order chi connectivity index (χ0) is 19.4. The fraction of sp³-hybridized carbons (Fsp3) is 0.300. The van der Waals surface area contributed by atoms with Crippen LogP contribution in [0.25, 0.3) is 0 Å². The third kappa shape index (κ3) is 5.71. The first-order valence-corrected chi connectivity index (χ1v) is 9.95. The monoisotopic (exact) mass is 449 g/mol.